The van der Waals surface area contributed by atoms with Gasteiger partial charge in [-0.05, 0) is 18.2 Å². The monoisotopic (exact) mass is 428 g/mol. The van der Waals surface area contributed by atoms with E-state index < -0.39 is 10.8 Å². The van der Waals surface area contributed by atoms with Crippen molar-refractivity contribution in [1.82, 2.24) is 19.7 Å². The fraction of sp³-hybridized carbons (Fsp3) is 0.111. The molecule has 0 spiro atoms. The molecule has 0 fully saturated rings. The average molecular weight is 429 g/mol. The van der Waals surface area contributed by atoms with Crippen LogP contribution in [0.4, 0.5) is 11.4 Å². The van der Waals surface area contributed by atoms with E-state index in [1.54, 1.807) is 0 Å². The highest BCUT2D eigenvalue weighted by Crippen LogP contribution is 2.29. The van der Waals surface area contributed by atoms with Crippen molar-refractivity contribution in [3.05, 3.63) is 57.6 Å². The number of aryl methyl sites for hydroxylation is 1. The number of anilines is 1. The third kappa shape index (κ3) is 3.71. The molecule has 11 heteroatoms. The Morgan fingerprint density at radius 1 is 1.28 bits per heavy atom. The van der Waals surface area contributed by atoms with Gasteiger partial charge in [-0.1, -0.05) is 41.6 Å². The zero-order chi connectivity index (χ0) is 20.5. The SMILES string of the molecule is Cn1c2ccccc2c2nnc(SCC(=O)Nc3ccc(Cl)cc3[N+](=O)[O-])nc21. The Morgan fingerprint density at radius 2 is 2.07 bits per heavy atom. The Morgan fingerprint density at radius 3 is 2.86 bits per heavy atom. The van der Waals surface area contributed by atoms with E-state index in [1.807, 2.05) is 35.9 Å². The molecule has 0 aliphatic carbocycles. The number of fused-ring (bicyclic) bond motifs is 3. The van der Waals surface area contributed by atoms with Crippen LogP contribution in [0.15, 0.2) is 47.6 Å². The van der Waals surface area contributed by atoms with Gasteiger partial charge in [0.1, 0.15) is 11.2 Å². The van der Waals surface area contributed by atoms with Crippen LogP contribution in [0.1, 0.15) is 0 Å². The van der Waals surface area contributed by atoms with Crippen molar-refractivity contribution in [2.45, 2.75) is 5.16 Å². The van der Waals surface area contributed by atoms with E-state index in [0.717, 1.165) is 22.7 Å². The number of para-hydroxylation sites is 1. The summed E-state index contributed by atoms with van der Waals surface area (Å²) in [6.45, 7) is 0. The number of thioether (sulfide) groups is 1. The molecule has 0 aliphatic rings. The van der Waals surface area contributed by atoms with Crippen molar-refractivity contribution in [2.24, 2.45) is 7.05 Å². The van der Waals surface area contributed by atoms with Crippen molar-refractivity contribution in [1.29, 1.82) is 0 Å². The van der Waals surface area contributed by atoms with E-state index in [4.69, 9.17) is 11.6 Å². The van der Waals surface area contributed by atoms with Crippen molar-refractivity contribution in [3.63, 3.8) is 0 Å². The standard InChI is InChI=1S/C18H13ClN6O3S/c1-24-13-5-3-2-4-11(13)16-17(24)21-18(23-22-16)29-9-15(26)20-12-7-6-10(19)8-14(12)25(27)28/h2-8H,9H2,1H3,(H,20,26). The number of hydrogen-bond acceptors (Lipinski definition) is 7. The molecule has 4 rings (SSSR count). The molecule has 2 heterocycles. The fourth-order valence-corrected chi connectivity index (χ4v) is 3.68. The van der Waals surface area contributed by atoms with E-state index in [1.165, 1.54) is 18.2 Å². The van der Waals surface area contributed by atoms with Crippen LogP contribution in [0.25, 0.3) is 22.1 Å². The summed E-state index contributed by atoms with van der Waals surface area (Å²) in [5.41, 5.74) is 2.14. The number of hydrogen-bond donors (Lipinski definition) is 1. The molecular formula is C18H13ClN6O3S. The Bertz CT molecular complexity index is 1280. The Labute approximate surface area is 173 Å². The molecular weight excluding hydrogens is 416 g/mol. The molecule has 0 saturated carbocycles. The molecule has 0 saturated heterocycles. The number of amides is 1. The van der Waals surface area contributed by atoms with Crippen molar-refractivity contribution < 1.29 is 9.72 Å². The van der Waals surface area contributed by atoms with Gasteiger partial charge in [-0.3, -0.25) is 14.9 Å². The highest BCUT2D eigenvalue weighted by molar-refractivity contribution is 7.99. The quantitative estimate of drug-likeness (QED) is 0.292. The second kappa shape index (κ2) is 7.64. The van der Waals surface area contributed by atoms with Crippen LogP contribution < -0.4 is 5.32 Å². The molecule has 1 N–H and O–H groups in total. The number of nitrogens with zero attached hydrogens (tertiary/aromatic N) is 5. The number of nitro groups is 1. The molecule has 0 atom stereocenters. The normalized spacial score (nSPS) is 11.1. The predicted molar refractivity (Wildman–Crippen MR) is 111 cm³/mol. The number of nitro benzene ring substituents is 1. The summed E-state index contributed by atoms with van der Waals surface area (Å²) < 4.78 is 1.92. The number of halogens is 1. The number of carbonyl (C=O) groups is 1. The molecule has 0 bridgehead atoms. The topological polar surface area (TPSA) is 116 Å². The molecule has 0 unspecified atom stereocenters. The Balaban J connectivity index is 1.51. The summed E-state index contributed by atoms with van der Waals surface area (Å²) >= 11 is 6.87. The molecule has 2 aromatic carbocycles. The van der Waals surface area contributed by atoms with Crippen LogP contribution in [-0.2, 0) is 11.8 Å². The summed E-state index contributed by atoms with van der Waals surface area (Å²) in [5, 5.41) is 23.5. The van der Waals surface area contributed by atoms with Crippen LogP contribution in [-0.4, -0.2) is 36.3 Å². The second-order valence-corrected chi connectivity index (χ2v) is 7.48. The molecule has 146 valence electrons. The maximum atomic E-state index is 12.2. The minimum atomic E-state index is -0.602. The van der Waals surface area contributed by atoms with Gasteiger partial charge in [0.15, 0.2) is 5.65 Å². The van der Waals surface area contributed by atoms with E-state index in [-0.39, 0.29) is 22.2 Å². The second-order valence-electron chi connectivity index (χ2n) is 6.10. The molecule has 4 aromatic rings. The number of carbonyl (C=O) groups excluding carboxylic acids is 1. The minimum absolute atomic E-state index is 0.0308. The van der Waals surface area contributed by atoms with Crippen LogP contribution in [0, 0.1) is 10.1 Å². The number of aromatic nitrogens is 4. The minimum Gasteiger partial charge on any atom is -0.327 e. The molecule has 0 aliphatic heterocycles. The molecule has 2 aromatic heterocycles. The highest BCUT2D eigenvalue weighted by Gasteiger charge is 2.17. The van der Waals surface area contributed by atoms with E-state index in [9.17, 15) is 14.9 Å². The third-order valence-electron chi connectivity index (χ3n) is 4.25. The van der Waals surface area contributed by atoms with Gasteiger partial charge < -0.3 is 9.88 Å². The fourth-order valence-electron chi connectivity index (χ4n) is 2.93. The average Bonchev–Trinajstić information content (AvgIpc) is 3.00. The van der Waals surface area contributed by atoms with Crippen molar-refractivity contribution >= 4 is 62.7 Å². The predicted octanol–water partition coefficient (Wildman–Crippen LogP) is 3.81. The zero-order valence-corrected chi connectivity index (χ0v) is 16.6. The first-order chi connectivity index (χ1) is 13.9. The van der Waals surface area contributed by atoms with E-state index in [2.05, 4.69) is 20.5 Å². The Hall–Kier alpha value is -3.24. The summed E-state index contributed by atoms with van der Waals surface area (Å²) in [4.78, 5) is 27.3. The van der Waals surface area contributed by atoms with Crippen LogP contribution in [0.2, 0.25) is 5.02 Å². The van der Waals surface area contributed by atoms with Gasteiger partial charge in [0.25, 0.3) is 5.69 Å². The van der Waals surface area contributed by atoms with Gasteiger partial charge in [-0.25, -0.2) is 4.98 Å². The van der Waals surface area contributed by atoms with Crippen molar-refractivity contribution in [2.75, 3.05) is 11.1 Å². The van der Waals surface area contributed by atoms with Gasteiger partial charge in [-0.15, -0.1) is 10.2 Å². The maximum Gasteiger partial charge on any atom is 0.294 e. The number of benzene rings is 2. The summed E-state index contributed by atoms with van der Waals surface area (Å²) in [5.74, 6) is -0.460. The summed E-state index contributed by atoms with van der Waals surface area (Å²) in [7, 11) is 1.89. The lowest BCUT2D eigenvalue weighted by Crippen LogP contribution is -2.15. The first-order valence-electron chi connectivity index (χ1n) is 8.38. The number of rotatable bonds is 5. The number of nitrogens with one attached hydrogen (secondary N) is 1. The van der Waals surface area contributed by atoms with Gasteiger partial charge >= 0.3 is 0 Å². The van der Waals surface area contributed by atoms with Gasteiger partial charge in [-0.2, -0.15) is 0 Å². The first-order valence-corrected chi connectivity index (χ1v) is 9.75. The zero-order valence-electron chi connectivity index (χ0n) is 15.0. The molecule has 0 radical (unpaired) electrons. The lowest BCUT2D eigenvalue weighted by Gasteiger charge is -2.06. The highest BCUT2D eigenvalue weighted by atomic mass is 35.5. The molecule has 29 heavy (non-hydrogen) atoms. The van der Waals surface area contributed by atoms with E-state index in [0.29, 0.717) is 16.3 Å². The smallest absolute Gasteiger partial charge is 0.294 e. The van der Waals surface area contributed by atoms with Gasteiger partial charge in [0.05, 0.1) is 16.2 Å². The van der Waals surface area contributed by atoms with E-state index >= 15 is 0 Å². The Kier molecular flexibility index (Phi) is 5.03. The molecule has 9 nitrogen and oxygen atoms in total. The van der Waals surface area contributed by atoms with Crippen LogP contribution >= 0.6 is 23.4 Å². The lowest BCUT2D eigenvalue weighted by molar-refractivity contribution is -0.383. The van der Waals surface area contributed by atoms with Crippen LogP contribution in [0.3, 0.4) is 0 Å². The third-order valence-corrected chi connectivity index (χ3v) is 5.32. The molecule has 1 amide bonds. The lowest BCUT2D eigenvalue weighted by atomic mass is 10.2. The van der Waals surface area contributed by atoms with Gasteiger partial charge in [0, 0.05) is 23.5 Å². The van der Waals surface area contributed by atoms with Crippen molar-refractivity contribution in [3.8, 4) is 0 Å². The first kappa shape index (κ1) is 19.1. The summed E-state index contributed by atoms with van der Waals surface area (Å²) in [6.07, 6.45) is 0. The van der Waals surface area contributed by atoms with Crippen LogP contribution in [0.5, 0.6) is 0 Å². The summed E-state index contributed by atoms with van der Waals surface area (Å²) in [6, 6.07) is 11.8. The van der Waals surface area contributed by atoms with Gasteiger partial charge in [0.2, 0.25) is 11.1 Å². The largest absolute Gasteiger partial charge is 0.327 e. The maximum absolute atomic E-state index is 12.2.